The molecule has 2 aromatic carbocycles. The summed E-state index contributed by atoms with van der Waals surface area (Å²) in [7, 11) is 0. The number of nitrogens with one attached hydrogen (secondary N) is 2. The number of nitrogens with zero attached hydrogens (tertiary/aromatic N) is 1. The lowest BCUT2D eigenvalue weighted by atomic mass is 9.98. The molecule has 168 valence electrons. The maximum absolute atomic E-state index is 13.5. The normalized spacial score (nSPS) is 21.8. The fraction of sp³-hybridized carbons (Fsp3) is 0.400. The van der Waals surface area contributed by atoms with E-state index in [0.29, 0.717) is 12.1 Å². The van der Waals surface area contributed by atoms with Gasteiger partial charge < -0.3 is 15.5 Å². The lowest BCUT2D eigenvalue weighted by Crippen LogP contribution is -2.58. The summed E-state index contributed by atoms with van der Waals surface area (Å²) in [5, 5.41) is 5.69. The quantitative estimate of drug-likeness (QED) is 0.705. The van der Waals surface area contributed by atoms with Gasteiger partial charge in [-0.1, -0.05) is 62.4 Å². The van der Waals surface area contributed by atoms with Crippen LogP contribution < -0.4 is 10.6 Å². The Kier molecular flexibility index (Phi) is 6.03. The SMILES string of the molecule is CC(C)[C@H](NC(=O)[C@@H]1N2C(=O)c3ccccc3[C@H]2SC1(C)C)C(=O)NCc1ccccc1. The minimum absolute atomic E-state index is 0.103. The van der Waals surface area contributed by atoms with Gasteiger partial charge in [-0.3, -0.25) is 14.4 Å². The van der Waals surface area contributed by atoms with E-state index in [0.717, 1.165) is 11.1 Å². The molecule has 32 heavy (non-hydrogen) atoms. The van der Waals surface area contributed by atoms with E-state index in [4.69, 9.17) is 0 Å². The fourth-order valence-corrected chi connectivity index (χ4v) is 6.06. The number of hydrogen-bond acceptors (Lipinski definition) is 4. The third kappa shape index (κ3) is 4.01. The van der Waals surface area contributed by atoms with Crippen molar-refractivity contribution < 1.29 is 14.4 Å². The second kappa shape index (κ2) is 8.62. The van der Waals surface area contributed by atoms with Crippen LogP contribution in [0.2, 0.25) is 0 Å². The molecule has 2 heterocycles. The van der Waals surface area contributed by atoms with E-state index in [1.54, 1.807) is 16.7 Å². The van der Waals surface area contributed by atoms with Gasteiger partial charge in [-0.15, -0.1) is 11.8 Å². The lowest BCUT2D eigenvalue weighted by molar-refractivity contribution is -0.132. The molecule has 0 saturated carbocycles. The average Bonchev–Trinajstić information content (AvgIpc) is 3.20. The first-order valence-electron chi connectivity index (χ1n) is 10.9. The van der Waals surface area contributed by atoms with Gasteiger partial charge in [-0.05, 0) is 37.0 Å². The first kappa shape index (κ1) is 22.4. The Hall–Kier alpha value is -2.80. The van der Waals surface area contributed by atoms with Crippen LogP contribution in [0.25, 0.3) is 0 Å². The Morgan fingerprint density at radius 3 is 2.41 bits per heavy atom. The summed E-state index contributed by atoms with van der Waals surface area (Å²) in [5.74, 6) is -0.749. The summed E-state index contributed by atoms with van der Waals surface area (Å²) in [6.45, 7) is 8.17. The van der Waals surface area contributed by atoms with Crippen LogP contribution in [0.5, 0.6) is 0 Å². The van der Waals surface area contributed by atoms with Gasteiger partial charge in [0.1, 0.15) is 17.5 Å². The van der Waals surface area contributed by atoms with Crippen molar-refractivity contribution in [3.8, 4) is 0 Å². The summed E-state index contributed by atoms with van der Waals surface area (Å²) in [5.41, 5.74) is 2.59. The highest BCUT2D eigenvalue weighted by Crippen LogP contribution is 2.56. The maximum Gasteiger partial charge on any atom is 0.256 e. The molecule has 0 radical (unpaired) electrons. The molecule has 2 aliphatic heterocycles. The zero-order valence-corrected chi connectivity index (χ0v) is 19.6. The Labute approximate surface area is 193 Å². The molecule has 0 unspecified atom stereocenters. The third-order valence-corrected chi connectivity index (χ3v) is 7.64. The largest absolute Gasteiger partial charge is 0.350 e. The summed E-state index contributed by atoms with van der Waals surface area (Å²) >= 11 is 1.62. The number of carbonyl (C=O) groups excluding carboxylic acids is 3. The van der Waals surface area contributed by atoms with Crippen LogP contribution in [0.3, 0.4) is 0 Å². The van der Waals surface area contributed by atoms with Crippen LogP contribution in [0, 0.1) is 5.92 Å². The average molecular weight is 452 g/mol. The molecule has 0 aromatic heterocycles. The second-order valence-corrected chi connectivity index (χ2v) is 10.9. The molecular formula is C25H29N3O3S. The van der Waals surface area contributed by atoms with Crippen molar-refractivity contribution in [1.29, 1.82) is 0 Å². The van der Waals surface area contributed by atoms with Crippen LogP contribution >= 0.6 is 11.8 Å². The van der Waals surface area contributed by atoms with Gasteiger partial charge in [0.25, 0.3) is 5.91 Å². The highest BCUT2D eigenvalue weighted by Gasteiger charge is 2.57. The monoisotopic (exact) mass is 451 g/mol. The number of amides is 3. The number of thioether (sulfide) groups is 1. The maximum atomic E-state index is 13.5. The van der Waals surface area contributed by atoms with Crippen molar-refractivity contribution in [2.75, 3.05) is 0 Å². The van der Waals surface area contributed by atoms with Gasteiger partial charge in [0.15, 0.2) is 0 Å². The Morgan fingerprint density at radius 2 is 1.72 bits per heavy atom. The molecule has 3 amide bonds. The van der Waals surface area contributed by atoms with Gasteiger partial charge in [-0.2, -0.15) is 0 Å². The molecule has 3 atom stereocenters. The van der Waals surface area contributed by atoms with Crippen molar-refractivity contribution in [3.05, 3.63) is 71.3 Å². The number of fused-ring (bicyclic) bond motifs is 3. The number of rotatable bonds is 6. The van der Waals surface area contributed by atoms with Gasteiger partial charge >= 0.3 is 0 Å². The predicted molar refractivity (Wildman–Crippen MR) is 126 cm³/mol. The topological polar surface area (TPSA) is 78.5 Å². The van der Waals surface area contributed by atoms with Gasteiger partial charge in [0.05, 0.1) is 0 Å². The molecule has 0 bridgehead atoms. The number of benzene rings is 2. The zero-order chi connectivity index (χ0) is 23.0. The molecule has 0 aliphatic carbocycles. The third-order valence-electron chi connectivity index (χ3n) is 6.10. The molecule has 1 saturated heterocycles. The molecule has 4 rings (SSSR count). The Morgan fingerprint density at radius 1 is 1.06 bits per heavy atom. The minimum atomic E-state index is -0.689. The Balaban J connectivity index is 1.51. The summed E-state index contributed by atoms with van der Waals surface area (Å²) in [6, 6.07) is 15.8. The van der Waals surface area contributed by atoms with Crippen molar-refractivity contribution >= 4 is 29.5 Å². The smallest absolute Gasteiger partial charge is 0.256 e. The minimum Gasteiger partial charge on any atom is -0.350 e. The van der Waals surface area contributed by atoms with Crippen LogP contribution in [-0.4, -0.2) is 39.5 Å². The highest BCUT2D eigenvalue weighted by molar-refractivity contribution is 8.01. The van der Waals surface area contributed by atoms with Crippen LogP contribution in [0.1, 0.15) is 54.6 Å². The molecule has 7 heteroatoms. The summed E-state index contributed by atoms with van der Waals surface area (Å²) < 4.78 is -0.486. The second-order valence-electron chi connectivity index (χ2n) is 9.21. The number of carbonyl (C=O) groups is 3. The van der Waals surface area contributed by atoms with Crippen molar-refractivity contribution in [3.63, 3.8) is 0 Å². The van der Waals surface area contributed by atoms with Gasteiger partial charge in [0, 0.05) is 16.9 Å². The first-order chi connectivity index (χ1) is 15.2. The van der Waals surface area contributed by atoms with Crippen LogP contribution in [0.15, 0.2) is 54.6 Å². The molecule has 2 N–H and O–H groups in total. The summed E-state index contributed by atoms with van der Waals surface area (Å²) in [6.07, 6.45) is 0. The molecule has 0 spiro atoms. The van der Waals surface area contributed by atoms with Crippen LogP contribution in [-0.2, 0) is 16.1 Å². The molecule has 2 aliphatic rings. The standard InChI is InChI=1S/C25H29N3O3S/c1-15(2)19(21(29)26-14-16-10-6-5-7-11-16)27-22(30)20-25(3,4)32-24-18-13-9-8-12-17(18)23(31)28(20)24/h5-13,15,19-20,24H,14H2,1-4H3,(H,26,29)(H,27,30)/t19-,20-,24+/m0/s1. The van der Waals surface area contributed by atoms with Gasteiger partial charge in [0.2, 0.25) is 11.8 Å². The van der Waals surface area contributed by atoms with Crippen molar-refractivity contribution in [1.82, 2.24) is 15.5 Å². The number of hydrogen-bond donors (Lipinski definition) is 2. The van der Waals surface area contributed by atoms with E-state index >= 15 is 0 Å². The van der Waals surface area contributed by atoms with E-state index in [9.17, 15) is 14.4 Å². The van der Waals surface area contributed by atoms with Crippen LogP contribution in [0.4, 0.5) is 0 Å². The van der Waals surface area contributed by atoms with E-state index < -0.39 is 16.8 Å². The van der Waals surface area contributed by atoms with E-state index in [1.165, 1.54) is 0 Å². The zero-order valence-electron chi connectivity index (χ0n) is 18.8. The Bertz CT molecular complexity index is 1040. The first-order valence-corrected chi connectivity index (χ1v) is 11.8. The fourth-order valence-electron chi connectivity index (χ4n) is 4.47. The van der Waals surface area contributed by atoms with E-state index in [2.05, 4.69) is 10.6 Å². The van der Waals surface area contributed by atoms with Crippen molar-refractivity contribution in [2.24, 2.45) is 5.92 Å². The molecular weight excluding hydrogens is 422 g/mol. The van der Waals surface area contributed by atoms with Crippen molar-refractivity contribution in [2.45, 2.75) is 56.4 Å². The molecule has 1 fully saturated rings. The highest BCUT2D eigenvalue weighted by atomic mass is 32.2. The lowest BCUT2D eigenvalue weighted by Gasteiger charge is -2.32. The van der Waals surface area contributed by atoms with Gasteiger partial charge in [-0.25, -0.2) is 0 Å². The molecule has 2 aromatic rings. The van der Waals surface area contributed by atoms with E-state index in [1.807, 2.05) is 82.3 Å². The molecule has 6 nitrogen and oxygen atoms in total. The van der Waals surface area contributed by atoms with E-state index in [-0.39, 0.29) is 29.0 Å². The predicted octanol–water partition coefficient (Wildman–Crippen LogP) is 3.49. The summed E-state index contributed by atoms with van der Waals surface area (Å²) in [4.78, 5) is 41.3.